The number of hydrogen-bond acceptors (Lipinski definition) is 5. The molecule has 1 heterocycles. The Kier molecular flexibility index (Phi) is 5.72. The Bertz CT molecular complexity index is 669. The third-order valence-corrected chi connectivity index (χ3v) is 6.09. The minimum Gasteiger partial charge on any atom is -0.317 e. The molecule has 8 heteroatoms. The fourth-order valence-electron chi connectivity index (χ4n) is 2.90. The van der Waals surface area contributed by atoms with Gasteiger partial charge in [-0.3, -0.25) is 10.1 Å². The van der Waals surface area contributed by atoms with Gasteiger partial charge in [-0.2, -0.15) is 4.31 Å². The summed E-state index contributed by atoms with van der Waals surface area (Å²) in [6.45, 7) is 5.53. The molecule has 0 aliphatic carbocycles. The van der Waals surface area contributed by atoms with Crippen molar-refractivity contribution in [3.05, 3.63) is 33.9 Å². The van der Waals surface area contributed by atoms with Crippen molar-refractivity contribution in [3.8, 4) is 0 Å². The largest absolute Gasteiger partial charge is 0.317 e. The van der Waals surface area contributed by atoms with Crippen molar-refractivity contribution in [2.75, 3.05) is 19.6 Å². The second kappa shape index (κ2) is 7.37. The molecule has 0 spiro atoms. The maximum atomic E-state index is 13.0. The van der Waals surface area contributed by atoms with Crippen LogP contribution in [0.1, 0.15) is 31.7 Å². The number of nitrogens with zero attached hydrogens (tertiary/aromatic N) is 2. The van der Waals surface area contributed by atoms with E-state index in [1.165, 1.54) is 22.5 Å². The lowest BCUT2D eigenvalue weighted by Crippen LogP contribution is -2.46. The average molecular weight is 341 g/mol. The van der Waals surface area contributed by atoms with E-state index in [2.05, 4.69) is 5.32 Å². The van der Waals surface area contributed by atoms with Crippen LogP contribution < -0.4 is 5.32 Å². The van der Waals surface area contributed by atoms with Crippen LogP contribution in [0.3, 0.4) is 0 Å². The fourth-order valence-corrected chi connectivity index (χ4v) is 4.69. The van der Waals surface area contributed by atoms with Gasteiger partial charge in [-0.05, 0) is 45.3 Å². The molecule has 7 nitrogen and oxygen atoms in total. The molecule has 1 saturated heterocycles. The quantitative estimate of drug-likeness (QED) is 0.631. The highest BCUT2D eigenvalue weighted by molar-refractivity contribution is 7.89. The van der Waals surface area contributed by atoms with Crippen LogP contribution in [-0.2, 0) is 10.0 Å². The van der Waals surface area contributed by atoms with Crippen LogP contribution in [0.2, 0.25) is 0 Å². The van der Waals surface area contributed by atoms with Gasteiger partial charge in [0, 0.05) is 24.2 Å². The SMILES string of the molecule is CCCN(C1CCNCC1)S(=O)(=O)c1ccc(C)c([N+](=O)[O-])c1. The molecule has 0 aromatic heterocycles. The smallest absolute Gasteiger partial charge is 0.273 e. The second-order valence-corrected chi connectivity index (χ2v) is 7.69. The summed E-state index contributed by atoms with van der Waals surface area (Å²) >= 11 is 0. The molecule has 1 N–H and O–H groups in total. The number of nitro groups is 1. The Morgan fingerprint density at radius 2 is 2.00 bits per heavy atom. The van der Waals surface area contributed by atoms with Gasteiger partial charge < -0.3 is 5.32 Å². The van der Waals surface area contributed by atoms with Crippen molar-refractivity contribution in [2.24, 2.45) is 0 Å². The predicted molar refractivity (Wildman–Crippen MR) is 87.9 cm³/mol. The Morgan fingerprint density at radius 3 is 2.57 bits per heavy atom. The first kappa shape index (κ1) is 17.8. The molecule has 0 radical (unpaired) electrons. The minimum absolute atomic E-state index is 0.00165. The van der Waals surface area contributed by atoms with E-state index in [-0.39, 0.29) is 16.6 Å². The van der Waals surface area contributed by atoms with Crippen LogP contribution >= 0.6 is 0 Å². The molecule has 1 aromatic carbocycles. The number of piperidine rings is 1. The summed E-state index contributed by atoms with van der Waals surface area (Å²) in [7, 11) is -3.73. The third kappa shape index (κ3) is 3.88. The van der Waals surface area contributed by atoms with Crippen molar-refractivity contribution in [1.82, 2.24) is 9.62 Å². The average Bonchev–Trinajstić information content (AvgIpc) is 2.53. The molecule has 1 fully saturated rings. The number of nitro benzene ring substituents is 1. The van der Waals surface area contributed by atoms with Crippen molar-refractivity contribution in [3.63, 3.8) is 0 Å². The van der Waals surface area contributed by atoms with Crippen molar-refractivity contribution < 1.29 is 13.3 Å². The van der Waals surface area contributed by atoms with Gasteiger partial charge in [-0.25, -0.2) is 8.42 Å². The van der Waals surface area contributed by atoms with E-state index in [0.717, 1.165) is 25.9 Å². The van der Waals surface area contributed by atoms with Crippen LogP contribution in [0.4, 0.5) is 5.69 Å². The second-order valence-electron chi connectivity index (χ2n) is 5.80. The zero-order valence-corrected chi connectivity index (χ0v) is 14.3. The Labute approximate surface area is 136 Å². The number of aryl methyl sites for hydroxylation is 1. The highest BCUT2D eigenvalue weighted by Gasteiger charge is 2.32. The van der Waals surface area contributed by atoms with Crippen molar-refractivity contribution in [1.29, 1.82) is 0 Å². The molecular weight excluding hydrogens is 318 g/mol. The fraction of sp³-hybridized carbons (Fsp3) is 0.600. The van der Waals surface area contributed by atoms with Gasteiger partial charge in [0.15, 0.2) is 0 Å². The highest BCUT2D eigenvalue weighted by atomic mass is 32.2. The van der Waals surface area contributed by atoms with Gasteiger partial charge in [-0.15, -0.1) is 0 Å². The first-order valence-electron chi connectivity index (χ1n) is 7.85. The summed E-state index contributed by atoms with van der Waals surface area (Å²) < 4.78 is 27.5. The monoisotopic (exact) mass is 341 g/mol. The zero-order chi connectivity index (χ0) is 17.0. The molecule has 2 rings (SSSR count). The normalized spacial score (nSPS) is 16.7. The molecule has 0 atom stereocenters. The first-order valence-corrected chi connectivity index (χ1v) is 9.29. The van der Waals surface area contributed by atoms with Crippen LogP contribution in [0, 0.1) is 17.0 Å². The summed E-state index contributed by atoms with van der Waals surface area (Å²) in [5.74, 6) is 0. The number of hydrogen-bond donors (Lipinski definition) is 1. The summed E-state index contributed by atoms with van der Waals surface area (Å²) in [5.41, 5.74) is 0.297. The molecule has 1 aliphatic heterocycles. The van der Waals surface area contributed by atoms with E-state index < -0.39 is 14.9 Å². The van der Waals surface area contributed by atoms with Crippen LogP contribution in [0.15, 0.2) is 23.1 Å². The molecule has 0 unspecified atom stereocenters. The van der Waals surface area contributed by atoms with Crippen molar-refractivity contribution in [2.45, 2.75) is 44.0 Å². The molecule has 1 aliphatic rings. The zero-order valence-electron chi connectivity index (χ0n) is 13.5. The van der Waals surface area contributed by atoms with Gasteiger partial charge in [0.25, 0.3) is 5.69 Å². The lowest BCUT2D eigenvalue weighted by Gasteiger charge is -2.33. The van der Waals surface area contributed by atoms with E-state index >= 15 is 0 Å². The molecule has 128 valence electrons. The number of rotatable bonds is 6. The first-order chi connectivity index (χ1) is 10.9. The number of benzene rings is 1. The lowest BCUT2D eigenvalue weighted by atomic mass is 10.1. The molecular formula is C15H23N3O4S. The standard InChI is InChI=1S/C15H23N3O4S/c1-3-10-17(13-6-8-16-9-7-13)23(21,22)14-5-4-12(2)15(11-14)18(19)20/h4-5,11,13,16H,3,6-10H2,1-2H3. The maximum absolute atomic E-state index is 13.0. The van der Waals surface area contributed by atoms with Crippen LogP contribution in [-0.4, -0.2) is 43.3 Å². The van der Waals surface area contributed by atoms with Crippen molar-refractivity contribution >= 4 is 15.7 Å². The van der Waals surface area contributed by atoms with Crippen LogP contribution in [0.5, 0.6) is 0 Å². The molecule has 23 heavy (non-hydrogen) atoms. The predicted octanol–water partition coefficient (Wildman–Crippen LogP) is 2.06. The van der Waals surface area contributed by atoms with E-state index in [4.69, 9.17) is 0 Å². The van der Waals surface area contributed by atoms with E-state index in [9.17, 15) is 18.5 Å². The molecule has 0 saturated carbocycles. The Hall–Kier alpha value is -1.51. The third-order valence-electron chi connectivity index (χ3n) is 4.14. The van der Waals surface area contributed by atoms with E-state index in [0.29, 0.717) is 18.5 Å². The highest BCUT2D eigenvalue weighted by Crippen LogP contribution is 2.27. The van der Waals surface area contributed by atoms with Gasteiger partial charge in [0.2, 0.25) is 10.0 Å². The minimum atomic E-state index is -3.73. The van der Waals surface area contributed by atoms with Gasteiger partial charge in [0.1, 0.15) is 0 Å². The Morgan fingerprint density at radius 1 is 1.35 bits per heavy atom. The van der Waals surface area contributed by atoms with E-state index in [1.807, 2.05) is 6.92 Å². The van der Waals surface area contributed by atoms with Crippen LogP contribution in [0.25, 0.3) is 0 Å². The van der Waals surface area contributed by atoms with Gasteiger partial charge >= 0.3 is 0 Å². The molecule has 0 amide bonds. The van der Waals surface area contributed by atoms with E-state index in [1.54, 1.807) is 6.92 Å². The van der Waals surface area contributed by atoms with Gasteiger partial charge in [0.05, 0.1) is 9.82 Å². The lowest BCUT2D eigenvalue weighted by molar-refractivity contribution is -0.385. The summed E-state index contributed by atoms with van der Waals surface area (Å²) in [5, 5.41) is 14.3. The molecule has 0 bridgehead atoms. The summed E-state index contributed by atoms with van der Waals surface area (Å²) in [6, 6.07) is 4.08. The maximum Gasteiger partial charge on any atom is 0.273 e. The Balaban J connectivity index is 2.40. The number of nitrogens with one attached hydrogen (secondary N) is 1. The number of sulfonamides is 1. The van der Waals surface area contributed by atoms with Gasteiger partial charge in [-0.1, -0.05) is 13.0 Å². The summed E-state index contributed by atoms with van der Waals surface area (Å²) in [6.07, 6.45) is 2.22. The summed E-state index contributed by atoms with van der Waals surface area (Å²) in [4.78, 5) is 10.6. The molecule has 1 aromatic rings. The topological polar surface area (TPSA) is 92.6 Å².